The Labute approximate surface area is 335 Å². The van der Waals surface area contributed by atoms with Crippen molar-refractivity contribution in [2.24, 2.45) is 74.9 Å². The Kier molecular flexibility index (Phi) is 10.1. The van der Waals surface area contributed by atoms with Crippen LogP contribution in [0.3, 0.4) is 0 Å². The van der Waals surface area contributed by atoms with E-state index < -0.39 is 11.6 Å². The second-order valence-corrected chi connectivity index (χ2v) is 21.8. The Hall–Kier alpha value is -0.0900. The molecule has 0 aromatic heterocycles. The molecule has 10 rings (SSSR count). The number of halogens is 1. The fourth-order valence-electron chi connectivity index (χ4n) is 16.4. The van der Waals surface area contributed by atoms with Gasteiger partial charge in [0.05, 0.1) is 24.4 Å². The van der Waals surface area contributed by atoms with Gasteiger partial charge in [0, 0.05) is 23.2 Å². The minimum atomic E-state index is -0.481. The highest BCUT2D eigenvalue weighted by Crippen LogP contribution is 2.70. The van der Waals surface area contributed by atoms with Crippen molar-refractivity contribution in [2.45, 2.75) is 195 Å². The zero-order chi connectivity index (χ0) is 38.1. The summed E-state index contributed by atoms with van der Waals surface area (Å²) in [4.78, 5) is 27.7. The predicted octanol–water partition coefficient (Wildman–Crippen LogP) is 10.8. The summed E-state index contributed by atoms with van der Waals surface area (Å²) in [6.45, 7) is 20.1. The van der Waals surface area contributed by atoms with Crippen LogP contribution in [0.15, 0.2) is 0 Å². The molecule has 17 atom stereocenters. The van der Waals surface area contributed by atoms with E-state index in [0.29, 0.717) is 69.7 Å². The molecule has 0 aromatic rings. The number of Topliss-reactive ketones (excluding diaryl/α,β-unsaturated/α-hetero) is 2. The lowest BCUT2D eigenvalue weighted by Crippen LogP contribution is -2.62. The summed E-state index contributed by atoms with van der Waals surface area (Å²) in [6.07, 6.45) is 19.0. The van der Waals surface area contributed by atoms with Gasteiger partial charge in [-0.25, -0.2) is 0 Å². The number of rotatable bonds is 0. The average molecular weight is 849 g/mol. The van der Waals surface area contributed by atoms with Gasteiger partial charge in [-0.2, -0.15) is 0 Å². The Morgan fingerprint density at radius 3 is 1.47 bits per heavy atom. The Morgan fingerprint density at radius 1 is 0.509 bits per heavy atom. The summed E-state index contributed by atoms with van der Waals surface area (Å²) in [7, 11) is 0. The average Bonchev–Trinajstić information content (AvgIpc) is 3.79. The molecular weight excluding hydrogens is 775 g/mol. The summed E-state index contributed by atoms with van der Waals surface area (Å²) in [5, 5.41) is 0. The largest absolute Gasteiger partial charge is 0.344 e. The minimum absolute atomic E-state index is 0.0975. The van der Waals surface area contributed by atoms with Gasteiger partial charge in [-0.05, 0) is 155 Å². The van der Waals surface area contributed by atoms with Crippen molar-refractivity contribution in [1.82, 2.24) is 0 Å². The highest BCUT2D eigenvalue weighted by atomic mass is 127. The quantitative estimate of drug-likeness (QED) is 0.179. The third-order valence-electron chi connectivity index (χ3n) is 18.6. The Balaban J connectivity index is 0.000000144. The fourth-order valence-corrected chi connectivity index (χ4v) is 16.4. The normalized spacial score (nSPS) is 55.3. The van der Waals surface area contributed by atoms with Gasteiger partial charge in [0.1, 0.15) is 11.6 Å². The Bertz CT molecular complexity index is 1440. The summed E-state index contributed by atoms with van der Waals surface area (Å²) in [5.41, 5.74) is 0.518. The number of ketones is 2. The van der Waals surface area contributed by atoms with Crippen LogP contribution < -0.4 is 0 Å². The molecule has 0 amide bonds. The van der Waals surface area contributed by atoms with E-state index in [1.807, 2.05) is 4.93 Å². The van der Waals surface area contributed by atoms with Crippen LogP contribution in [0.4, 0.5) is 0 Å². The first-order valence-electron chi connectivity index (χ1n) is 22.1. The van der Waals surface area contributed by atoms with Crippen molar-refractivity contribution in [3.8, 4) is 0 Å². The summed E-state index contributed by atoms with van der Waals surface area (Å²) in [5.74, 6) is 4.95. The molecule has 10 fully saturated rings. The van der Waals surface area contributed by atoms with E-state index in [0.717, 1.165) is 32.1 Å². The van der Waals surface area contributed by atoms with Gasteiger partial charge < -0.3 is 18.9 Å². The van der Waals surface area contributed by atoms with Crippen LogP contribution in [0, 0.1) is 74.9 Å². The second kappa shape index (κ2) is 13.5. The zero-order valence-corrected chi connectivity index (χ0v) is 37.1. The molecule has 0 bridgehead atoms. The van der Waals surface area contributed by atoms with Gasteiger partial charge in [-0.3, -0.25) is 9.59 Å². The van der Waals surface area contributed by atoms with Gasteiger partial charge in [0.25, 0.3) is 0 Å². The van der Waals surface area contributed by atoms with Crippen LogP contribution in [-0.4, -0.2) is 52.5 Å². The maximum atomic E-state index is 13.0. The first kappa shape index (κ1) is 39.7. The van der Waals surface area contributed by atoms with E-state index in [1.54, 1.807) is 0 Å². The van der Waals surface area contributed by atoms with E-state index in [-0.39, 0.29) is 41.2 Å². The molecule has 6 nitrogen and oxygen atoms in total. The van der Waals surface area contributed by atoms with E-state index in [2.05, 4.69) is 84.9 Å². The molecule has 8 aliphatic carbocycles. The molecule has 0 aromatic carbocycles. The van der Waals surface area contributed by atoms with Crippen LogP contribution >= 0.6 is 22.6 Å². The maximum Gasteiger partial charge on any atom is 0.163 e. The number of hydrogen-bond acceptors (Lipinski definition) is 6. The van der Waals surface area contributed by atoms with Crippen LogP contribution in [0.5, 0.6) is 0 Å². The second-order valence-electron chi connectivity index (χ2n) is 21.8. The molecule has 9 unspecified atom stereocenters. The summed E-state index contributed by atoms with van der Waals surface area (Å²) in [6, 6.07) is 0. The van der Waals surface area contributed by atoms with E-state index >= 15 is 0 Å². The molecule has 0 radical (unpaired) electrons. The monoisotopic (exact) mass is 848 g/mol. The zero-order valence-electron chi connectivity index (χ0n) is 34.9. The SMILES string of the molecule is CC1(C)O[C@@H]2C3C(CC[C@]4(C)C(=O)CCC34)[C@@]3(C)CCCCC3[C@H]2O1.CC1CC2C3C(CC[C@]2(C)C1=O)[C@@]1(C)CCCCC1[C@H]1OC(C)(C)O[C@H]31.CI. The first-order valence-corrected chi connectivity index (χ1v) is 24.3. The number of carbonyl (C=O) groups is 2. The molecule has 2 saturated heterocycles. The lowest BCUT2D eigenvalue weighted by Gasteiger charge is -2.62. The lowest BCUT2D eigenvalue weighted by molar-refractivity contribution is -0.177. The smallest absolute Gasteiger partial charge is 0.163 e. The van der Waals surface area contributed by atoms with Crippen LogP contribution in [0.2, 0.25) is 0 Å². The predicted molar refractivity (Wildman–Crippen MR) is 216 cm³/mol. The molecular formula is C46H73IO6. The van der Waals surface area contributed by atoms with Crippen LogP contribution in [0.25, 0.3) is 0 Å². The van der Waals surface area contributed by atoms with E-state index in [4.69, 9.17) is 18.9 Å². The third kappa shape index (κ3) is 5.83. The molecule has 10 aliphatic rings. The van der Waals surface area contributed by atoms with Crippen molar-refractivity contribution in [3.63, 3.8) is 0 Å². The van der Waals surface area contributed by atoms with Crippen molar-refractivity contribution in [1.29, 1.82) is 0 Å². The highest BCUT2D eigenvalue weighted by Gasteiger charge is 2.70. The lowest BCUT2D eigenvalue weighted by atomic mass is 9.44. The van der Waals surface area contributed by atoms with Gasteiger partial charge in [-0.1, -0.05) is 82.9 Å². The van der Waals surface area contributed by atoms with Crippen molar-refractivity contribution in [3.05, 3.63) is 0 Å². The van der Waals surface area contributed by atoms with Gasteiger partial charge in [-0.15, -0.1) is 0 Å². The molecule has 7 heteroatoms. The first-order chi connectivity index (χ1) is 24.9. The molecule has 2 heterocycles. The Morgan fingerprint density at radius 2 is 0.962 bits per heavy atom. The van der Waals surface area contributed by atoms with E-state index in [9.17, 15) is 9.59 Å². The molecule has 300 valence electrons. The molecule has 2 aliphatic heterocycles. The van der Waals surface area contributed by atoms with Crippen molar-refractivity contribution < 1.29 is 28.5 Å². The van der Waals surface area contributed by atoms with Crippen LogP contribution in [-0.2, 0) is 28.5 Å². The van der Waals surface area contributed by atoms with Crippen molar-refractivity contribution in [2.75, 3.05) is 4.93 Å². The highest BCUT2D eigenvalue weighted by molar-refractivity contribution is 14.1. The van der Waals surface area contributed by atoms with Crippen LogP contribution in [0.1, 0.15) is 159 Å². The number of alkyl halides is 1. The number of fused-ring (bicyclic) bond motifs is 16. The molecule has 8 saturated carbocycles. The molecule has 0 N–H and O–H groups in total. The summed E-state index contributed by atoms with van der Waals surface area (Å²) < 4.78 is 26.3. The van der Waals surface area contributed by atoms with E-state index in [1.165, 1.54) is 64.2 Å². The number of hydrogen-bond donors (Lipinski definition) is 0. The minimum Gasteiger partial charge on any atom is -0.344 e. The molecule has 0 spiro atoms. The fraction of sp³-hybridized carbons (Fsp3) is 0.957. The topological polar surface area (TPSA) is 71.1 Å². The molecule has 53 heavy (non-hydrogen) atoms. The number of ether oxygens (including phenoxy) is 4. The van der Waals surface area contributed by atoms with Crippen molar-refractivity contribution >= 4 is 34.2 Å². The summed E-state index contributed by atoms with van der Waals surface area (Å²) >= 11 is 2.15. The number of carbonyl (C=O) groups excluding carboxylic acids is 2. The van der Waals surface area contributed by atoms with Gasteiger partial charge >= 0.3 is 0 Å². The maximum absolute atomic E-state index is 13.0. The standard InChI is InChI=1S/C23H36O3.C22H34O3.CH3I/c1-13-12-16-17-14(9-11-23(16,5)20(13)24)22(4)10-7-6-8-15(22)18-19(17)26-21(2,3)25-18;1-20(2)24-18-15-7-5-6-11-21(15,3)14-10-12-22(4)13(8-9-16(22)23)17(14)19(18)25-20;1-2/h13-19H,6-12H2,1-5H3;13-15,17-19H,5-12H2,1-4H3;1H3/t13?,14?,15?,16?,17?,18-,19-,22-,23+;13?,14?,15?,17?,18-,19-,21-,22+;/m11./s1. The van der Waals surface area contributed by atoms with Gasteiger partial charge in [0.2, 0.25) is 0 Å². The van der Waals surface area contributed by atoms with Gasteiger partial charge in [0.15, 0.2) is 11.6 Å². The third-order valence-corrected chi connectivity index (χ3v) is 18.6.